The van der Waals surface area contributed by atoms with Crippen molar-refractivity contribution in [3.05, 3.63) is 69.5 Å². The van der Waals surface area contributed by atoms with Gasteiger partial charge in [0.25, 0.3) is 11.8 Å². The number of carbonyl (C=O) groups excluding carboxylic acids is 4. The summed E-state index contributed by atoms with van der Waals surface area (Å²) in [6.07, 6.45) is 3.75. The summed E-state index contributed by atoms with van der Waals surface area (Å²) in [5.74, 6) is -3.92. The smallest absolute Gasteiger partial charge is 0.303 e. The van der Waals surface area contributed by atoms with E-state index in [0.29, 0.717) is 29.4 Å². The fourth-order valence-electron chi connectivity index (χ4n) is 4.13. The number of nitrogens with one attached hydrogen (secondary N) is 1. The summed E-state index contributed by atoms with van der Waals surface area (Å²) in [6.45, 7) is 7.71. The van der Waals surface area contributed by atoms with Crippen LogP contribution in [0.5, 0.6) is 0 Å². The maximum atomic E-state index is 14.3. The summed E-state index contributed by atoms with van der Waals surface area (Å²) in [4.78, 5) is 52.4. The molecule has 1 saturated heterocycles. The summed E-state index contributed by atoms with van der Waals surface area (Å²) >= 11 is 9.19. The van der Waals surface area contributed by atoms with Crippen LogP contribution in [0.4, 0.5) is 4.39 Å². The highest BCUT2D eigenvalue weighted by Crippen LogP contribution is 2.27. The van der Waals surface area contributed by atoms with E-state index in [4.69, 9.17) is 21.1 Å². The molecular formula is C27H31BrClFN2O6. The molecule has 2 amide bonds. The lowest BCUT2D eigenvalue weighted by atomic mass is 9.93. The van der Waals surface area contributed by atoms with Crippen molar-refractivity contribution in [2.75, 3.05) is 6.54 Å². The number of halogens is 3. The SMILES string of the molecule is C=C(Cl)/C=C(\C=C/C)C1CCCCN1C(=O)[C@H](OC(C)=O)[C@@H](OC(C)=O)C(=O)NCc1ccc(Br)cc1F. The van der Waals surface area contributed by atoms with Crippen LogP contribution in [0.15, 0.2) is 58.1 Å². The number of esters is 2. The van der Waals surface area contributed by atoms with Crippen LogP contribution < -0.4 is 5.32 Å². The molecule has 1 aromatic rings. The molecular weight excluding hydrogens is 583 g/mol. The van der Waals surface area contributed by atoms with Gasteiger partial charge in [-0.1, -0.05) is 52.3 Å². The number of hydrogen-bond donors (Lipinski definition) is 1. The van der Waals surface area contributed by atoms with Gasteiger partial charge >= 0.3 is 11.9 Å². The van der Waals surface area contributed by atoms with Crippen LogP contribution in [0.25, 0.3) is 0 Å². The van der Waals surface area contributed by atoms with E-state index >= 15 is 0 Å². The van der Waals surface area contributed by atoms with Gasteiger partial charge in [0.05, 0.1) is 6.04 Å². The Labute approximate surface area is 235 Å². The maximum absolute atomic E-state index is 14.3. The van der Waals surface area contributed by atoms with E-state index in [9.17, 15) is 23.6 Å². The van der Waals surface area contributed by atoms with Crippen LogP contribution >= 0.6 is 27.5 Å². The van der Waals surface area contributed by atoms with Gasteiger partial charge in [-0.15, -0.1) is 0 Å². The minimum absolute atomic E-state index is 0.164. The van der Waals surface area contributed by atoms with Crippen LogP contribution in [0.1, 0.15) is 45.6 Å². The number of benzene rings is 1. The van der Waals surface area contributed by atoms with Gasteiger partial charge in [-0.2, -0.15) is 0 Å². The Kier molecular flexibility index (Phi) is 12.2. The minimum atomic E-state index is -1.80. The summed E-state index contributed by atoms with van der Waals surface area (Å²) in [6, 6.07) is 3.85. The Balaban J connectivity index is 2.41. The third-order valence-electron chi connectivity index (χ3n) is 5.68. The monoisotopic (exact) mass is 612 g/mol. The number of nitrogens with zero attached hydrogens (tertiary/aromatic N) is 1. The van der Waals surface area contributed by atoms with Crippen molar-refractivity contribution in [2.24, 2.45) is 0 Å². The summed E-state index contributed by atoms with van der Waals surface area (Å²) < 4.78 is 25.3. The van der Waals surface area contributed by atoms with Crippen LogP contribution in [-0.4, -0.2) is 53.4 Å². The standard InChI is InChI=1S/C27H31BrClFN2O6/c1-5-8-19(13-16(2)29)23-9-6-7-12-32(23)27(36)25(38-18(4)34)24(37-17(3)33)26(35)31-15-20-10-11-21(28)14-22(20)30/h5,8,10-11,13-14,23-25H,2,6-7,9,12,15H2,1,3-4H3,(H,31,35)/b8-5-,19-13+/t23?,24-,25-/m1/s1. The first kappa shape index (κ1) is 31.2. The lowest BCUT2D eigenvalue weighted by Crippen LogP contribution is -2.57. The van der Waals surface area contributed by atoms with E-state index in [2.05, 4.69) is 27.8 Å². The molecule has 206 valence electrons. The number of allylic oxidation sites excluding steroid dienone is 3. The van der Waals surface area contributed by atoms with E-state index in [1.54, 1.807) is 24.3 Å². The molecule has 2 rings (SSSR count). The van der Waals surface area contributed by atoms with Crippen molar-refractivity contribution in [3.63, 3.8) is 0 Å². The predicted octanol–water partition coefficient (Wildman–Crippen LogP) is 4.70. The third kappa shape index (κ3) is 9.09. The molecule has 11 heteroatoms. The second-order valence-corrected chi connectivity index (χ2v) is 10.0. The fourth-order valence-corrected chi connectivity index (χ4v) is 4.59. The van der Waals surface area contributed by atoms with Crippen molar-refractivity contribution in [1.82, 2.24) is 10.2 Å². The van der Waals surface area contributed by atoms with Crippen molar-refractivity contribution in [1.29, 1.82) is 0 Å². The van der Waals surface area contributed by atoms with Crippen LogP contribution in [0, 0.1) is 5.82 Å². The van der Waals surface area contributed by atoms with Gasteiger partial charge in [0, 0.05) is 42.0 Å². The number of hydrogen-bond acceptors (Lipinski definition) is 6. The van der Waals surface area contributed by atoms with Gasteiger partial charge in [-0.05, 0) is 50.0 Å². The van der Waals surface area contributed by atoms with E-state index in [1.807, 2.05) is 6.92 Å². The van der Waals surface area contributed by atoms with E-state index in [1.165, 1.54) is 17.0 Å². The number of rotatable bonds is 10. The molecule has 3 atom stereocenters. The molecule has 8 nitrogen and oxygen atoms in total. The van der Waals surface area contributed by atoms with Crippen molar-refractivity contribution in [3.8, 4) is 0 Å². The predicted molar refractivity (Wildman–Crippen MR) is 144 cm³/mol. The van der Waals surface area contributed by atoms with E-state index < -0.39 is 47.8 Å². The second kappa shape index (κ2) is 14.8. The molecule has 0 bridgehead atoms. The first-order chi connectivity index (χ1) is 17.9. The van der Waals surface area contributed by atoms with Crippen molar-refractivity contribution in [2.45, 2.75) is 64.8 Å². The number of piperidine rings is 1. The van der Waals surface area contributed by atoms with Crippen LogP contribution in [0.2, 0.25) is 0 Å². The Bertz CT molecular complexity index is 1140. The quantitative estimate of drug-likeness (QED) is 0.303. The number of amides is 2. The van der Waals surface area contributed by atoms with Crippen LogP contribution in [0.3, 0.4) is 0 Å². The highest BCUT2D eigenvalue weighted by Gasteiger charge is 2.43. The highest BCUT2D eigenvalue weighted by atomic mass is 79.9. The van der Waals surface area contributed by atoms with Gasteiger partial charge in [0.2, 0.25) is 12.2 Å². The van der Waals surface area contributed by atoms with E-state index in [-0.39, 0.29) is 17.1 Å². The average molecular weight is 614 g/mol. The van der Waals surface area contributed by atoms with Gasteiger partial charge in [-0.3, -0.25) is 19.2 Å². The zero-order chi connectivity index (χ0) is 28.4. The first-order valence-electron chi connectivity index (χ1n) is 12.0. The van der Waals surface area contributed by atoms with Gasteiger partial charge < -0.3 is 19.7 Å². The minimum Gasteiger partial charge on any atom is -0.448 e. The topological polar surface area (TPSA) is 102 Å². The molecule has 0 radical (unpaired) electrons. The van der Waals surface area contributed by atoms with Gasteiger partial charge in [0.1, 0.15) is 5.82 Å². The number of carbonyl (C=O) groups is 4. The third-order valence-corrected chi connectivity index (χ3v) is 6.29. The van der Waals surface area contributed by atoms with Gasteiger partial charge in [-0.25, -0.2) is 4.39 Å². The van der Waals surface area contributed by atoms with Crippen LogP contribution in [-0.2, 0) is 35.2 Å². The zero-order valence-electron chi connectivity index (χ0n) is 21.5. The molecule has 1 fully saturated rings. The summed E-state index contributed by atoms with van der Waals surface area (Å²) in [5, 5.41) is 2.74. The lowest BCUT2D eigenvalue weighted by Gasteiger charge is -2.39. The summed E-state index contributed by atoms with van der Waals surface area (Å²) in [5.41, 5.74) is 0.873. The molecule has 1 aliphatic heterocycles. The largest absolute Gasteiger partial charge is 0.448 e. The van der Waals surface area contributed by atoms with Gasteiger partial charge in [0.15, 0.2) is 0 Å². The Morgan fingerprint density at radius 2 is 1.87 bits per heavy atom. The molecule has 1 aliphatic rings. The molecule has 0 aliphatic carbocycles. The average Bonchev–Trinajstić information content (AvgIpc) is 2.84. The Morgan fingerprint density at radius 1 is 1.21 bits per heavy atom. The fraction of sp³-hybridized carbons (Fsp3) is 0.407. The molecule has 1 aromatic carbocycles. The molecule has 1 unspecified atom stereocenters. The number of ether oxygens (including phenoxy) is 2. The molecule has 38 heavy (non-hydrogen) atoms. The first-order valence-corrected chi connectivity index (χ1v) is 13.2. The second-order valence-electron chi connectivity index (χ2n) is 8.65. The molecule has 0 aromatic heterocycles. The molecule has 1 heterocycles. The molecule has 0 spiro atoms. The Hall–Kier alpha value is -2.98. The molecule has 0 saturated carbocycles. The zero-order valence-corrected chi connectivity index (χ0v) is 23.8. The van der Waals surface area contributed by atoms with Crippen molar-refractivity contribution < 1.29 is 33.0 Å². The lowest BCUT2D eigenvalue weighted by molar-refractivity contribution is -0.179. The normalized spacial score (nSPS) is 17.5. The molecule has 1 N–H and O–H groups in total. The maximum Gasteiger partial charge on any atom is 0.303 e. The summed E-state index contributed by atoms with van der Waals surface area (Å²) in [7, 11) is 0. The Morgan fingerprint density at radius 3 is 2.45 bits per heavy atom. The van der Waals surface area contributed by atoms with E-state index in [0.717, 1.165) is 20.3 Å². The highest BCUT2D eigenvalue weighted by molar-refractivity contribution is 9.10. The van der Waals surface area contributed by atoms with Crippen molar-refractivity contribution >= 4 is 51.3 Å². The number of likely N-dealkylation sites (tertiary alicyclic amines) is 1.